The van der Waals surface area contributed by atoms with Gasteiger partial charge in [-0.15, -0.1) is 0 Å². The Bertz CT molecular complexity index is 1000. The SMILES string of the molecule is CCCC(O)OC(=O)c1cc(OC)c(O)c(OC)c1.COc1cc(C(=O)OCCC(C)O)cc(OC)c1O. The minimum Gasteiger partial charge on any atom is -0.502 e. The summed E-state index contributed by atoms with van der Waals surface area (Å²) in [6.45, 7) is 3.59. The number of rotatable bonds is 12. The van der Waals surface area contributed by atoms with Crippen LogP contribution in [-0.4, -0.2) is 79.8 Å². The number of esters is 2. The predicted molar refractivity (Wildman–Crippen MR) is 135 cm³/mol. The molecule has 0 spiro atoms. The topological polar surface area (TPSA) is 170 Å². The average molecular weight is 541 g/mol. The van der Waals surface area contributed by atoms with Crippen molar-refractivity contribution in [2.24, 2.45) is 0 Å². The van der Waals surface area contributed by atoms with Crippen LogP contribution in [0.5, 0.6) is 34.5 Å². The fourth-order valence-corrected chi connectivity index (χ4v) is 2.93. The molecule has 0 aromatic heterocycles. The number of hydrogen-bond donors (Lipinski definition) is 4. The minimum atomic E-state index is -1.15. The molecule has 12 nitrogen and oxygen atoms in total. The number of methoxy groups -OCH3 is 4. The summed E-state index contributed by atoms with van der Waals surface area (Å²) >= 11 is 0. The number of benzene rings is 2. The molecule has 0 fully saturated rings. The van der Waals surface area contributed by atoms with Crippen molar-refractivity contribution in [3.05, 3.63) is 35.4 Å². The van der Waals surface area contributed by atoms with Crippen LogP contribution in [0.15, 0.2) is 24.3 Å². The van der Waals surface area contributed by atoms with Gasteiger partial charge in [-0.2, -0.15) is 0 Å². The van der Waals surface area contributed by atoms with Gasteiger partial charge in [-0.05, 0) is 31.2 Å². The molecule has 38 heavy (non-hydrogen) atoms. The van der Waals surface area contributed by atoms with Crippen LogP contribution in [0.25, 0.3) is 0 Å². The van der Waals surface area contributed by atoms with Crippen LogP contribution in [0, 0.1) is 0 Å². The monoisotopic (exact) mass is 540 g/mol. The summed E-state index contributed by atoms with van der Waals surface area (Å²) in [6.07, 6.45) is -0.271. The third kappa shape index (κ3) is 9.52. The van der Waals surface area contributed by atoms with Crippen molar-refractivity contribution < 1.29 is 58.4 Å². The molecule has 2 atom stereocenters. The van der Waals surface area contributed by atoms with Crippen molar-refractivity contribution in [3.63, 3.8) is 0 Å². The zero-order valence-electron chi connectivity index (χ0n) is 22.3. The highest BCUT2D eigenvalue weighted by atomic mass is 16.6. The van der Waals surface area contributed by atoms with E-state index < -0.39 is 24.3 Å². The summed E-state index contributed by atoms with van der Waals surface area (Å²) in [4.78, 5) is 23.6. The molecule has 4 N–H and O–H groups in total. The lowest BCUT2D eigenvalue weighted by molar-refractivity contribution is -0.0686. The smallest absolute Gasteiger partial charge is 0.340 e. The largest absolute Gasteiger partial charge is 0.502 e. The average Bonchev–Trinajstić information content (AvgIpc) is 2.89. The molecular weight excluding hydrogens is 504 g/mol. The molecule has 0 radical (unpaired) electrons. The van der Waals surface area contributed by atoms with Gasteiger partial charge in [0.2, 0.25) is 17.8 Å². The highest BCUT2D eigenvalue weighted by molar-refractivity contribution is 5.91. The molecule has 0 saturated heterocycles. The molecule has 0 bridgehead atoms. The lowest BCUT2D eigenvalue weighted by atomic mass is 10.2. The number of aliphatic hydroxyl groups is 2. The van der Waals surface area contributed by atoms with Crippen LogP contribution >= 0.6 is 0 Å². The number of aromatic hydroxyl groups is 2. The Labute approximate surface area is 221 Å². The molecule has 0 saturated carbocycles. The third-order valence-corrected chi connectivity index (χ3v) is 4.98. The highest BCUT2D eigenvalue weighted by Crippen LogP contribution is 2.38. The third-order valence-electron chi connectivity index (χ3n) is 4.98. The molecule has 2 rings (SSSR count). The van der Waals surface area contributed by atoms with Crippen molar-refractivity contribution in [2.45, 2.75) is 45.5 Å². The predicted octanol–water partition coefficient (Wildman–Crippen LogP) is 3.02. The van der Waals surface area contributed by atoms with Gasteiger partial charge in [0.25, 0.3) is 0 Å². The van der Waals surface area contributed by atoms with Gasteiger partial charge >= 0.3 is 11.9 Å². The Morgan fingerprint density at radius 1 is 0.737 bits per heavy atom. The second-order valence-electron chi connectivity index (χ2n) is 7.88. The van der Waals surface area contributed by atoms with Gasteiger partial charge in [-0.1, -0.05) is 13.3 Å². The second kappa shape index (κ2) is 16.0. The van der Waals surface area contributed by atoms with Gasteiger partial charge < -0.3 is 48.8 Å². The summed E-state index contributed by atoms with van der Waals surface area (Å²) in [5.74, 6) is -1.22. The fourth-order valence-electron chi connectivity index (χ4n) is 2.93. The van der Waals surface area contributed by atoms with E-state index in [-0.39, 0.29) is 52.2 Å². The van der Waals surface area contributed by atoms with Crippen molar-refractivity contribution in [3.8, 4) is 34.5 Å². The van der Waals surface area contributed by atoms with Gasteiger partial charge in [0.1, 0.15) is 0 Å². The molecule has 0 aliphatic carbocycles. The number of aliphatic hydroxyl groups excluding tert-OH is 2. The van der Waals surface area contributed by atoms with Crippen LogP contribution < -0.4 is 18.9 Å². The number of phenols is 2. The number of ether oxygens (including phenoxy) is 6. The van der Waals surface area contributed by atoms with Crippen molar-refractivity contribution in [1.29, 1.82) is 0 Å². The first-order valence-electron chi connectivity index (χ1n) is 11.7. The zero-order chi connectivity index (χ0) is 28.8. The van der Waals surface area contributed by atoms with E-state index in [0.29, 0.717) is 19.3 Å². The summed E-state index contributed by atoms with van der Waals surface area (Å²) < 4.78 is 29.6. The molecule has 0 aliphatic heterocycles. The minimum absolute atomic E-state index is 0.0938. The first kappa shape index (κ1) is 32.1. The molecule has 12 heteroatoms. The van der Waals surface area contributed by atoms with Gasteiger partial charge in [0, 0.05) is 12.8 Å². The lowest BCUT2D eigenvalue weighted by Gasteiger charge is -2.13. The summed E-state index contributed by atoms with van der Waals surface area (Å²) in [5, 5.41) is 37.9. The molecule has 0 heterocycles. The number of carbonyl (C=O) groups is 2. The first-order valence-corrected chi connectivity index (χ1v) is 11.7. The number of hydrogen-bond acceptors (Lipinski definition) is 12. The Morgan fingerprint density at radius 2 is 1.13 bits per heavy atom. The molecule has 2 aromatic rings. The maximum Gasteiger partial charge on any atom is 0.340 e. The normalized spacial score (nSPS) is 11.8. The Hall–Kier alpha value is -3.90. The Balaban J connectivity index is 0.000000380. The van der Waals surface area contributed by atoms with E-state index in [1.54, 1.807) is 6.92 Å². The maximum atomic E-state index is 11.8. The summed E-state index contributed by atoms with van der Waals surface area (Å²) in [6, 6.07) is 5.36. The Morgan fingerprint density at radius 3 is 1.47 bits per heavy atom. The molecule has 212 valence electrons. The van der Waals surface area contributed by atoms with Gasteiger partial charge in [0.15, 0.2) is 23.0 Å². The van der Waals surface area contributed by atoms with E-state index >= 15 is 0 Å². The van der Waals surface area contributed by atoms with Crippen molar-refractivity contribution in [2.75, 3.05) is 35.0 Å². The van der Waals surface area contributed by atoms with Crippen molar-refractivity contribution >= 4 is 11.9 Å². The Kier molecular flexibility index (Phi) is 13.6. The van der Waals surface area contributed by atoms with Crippen molar-refractivity contribution in [1.82, 2.24) is 0 Å². The number of carbonyl (C=O) groups excluding carboxylic acids is 2. The molecule has 0 amide bonds. The quantitative estimate of drug-likeness (QED) is 0.229. The second-order valence-corrected chi connectivity index (χ2v) is 7.88. The highest BCUT2D eigenvalue weighted by Gasteiger charge is 2.19. The zero-order valence-corrected chi connectivity index (χ0v) is 22.3. The lowest BCUT2D eigenvalue weighted by Crippen LogP contribution is -2.17. The van der Waals surface area contributed by atoms with Crippen LogP contribution in [0.3, 0.4) is 0 Å². The number of phenolic OH excluding ortho intramolecular Hbond substituents is 2. The van der Waals surface area contributed by atoms with E-state index in [1.165, 1.54) is 52.7 Å². The first-order chi connectivity index (χ1) is 18.0. The van der Waals surface area contributed by atoms with Gasteiger partial charge in [-0.25, -0.2) is 9.59 Å². The maximum absolute atomic E-state index is 11.8. The van der Waals surface area contributed by atoms with Crippen LogP contribution in [0.1, 0.15) is 53.8 Å². The molecule has 2 aromatic carbocycles. The van der Waals surface area contributed by atoms with Crippen LogP contribution in [0.2, 0.25) is 0 Å². The molecular formula is C26H36O12. The van der Waals surface area contributed by atoms with Gasteiger partial charge in [0.05, 0.1) is 52.3 Å². The summed E-state index contributed by atoms with van der Waals surface area (Å²) in [7, 11) is 5.46. The van der Waals surface area contributed by atoms with Gasteiger partial charge in [-0.3, -0.25) is 0 Å². The summed E-state index contributed by atoms with van der Waals surface area (Å²) in [5.41, 5.74) is 0.332. The standard InChI is InChI=1S/2C13H18O6/c1-8(14)4-5-19-13(16)9-6-10(17-2)12(15)11(7-9)18-3;1-4-5-11(14)19-13(16)8-6-9(17-2)12(15)10(7-8)18-3/h6-8,14-15H,4-5H2,1-3H3;6-7,11,14-15H,4-5H2,1-3H3. The van der Waals surface area contributed by atoms with E-state index in [0.717, 1.165) is 0 Å². The van der Waals surface area contributed by atoms with E-state index in [9.17, 15) is 24.9 Å². The molecule has 2 unspecified atom stereocenters. The van der Waals surface area contributed by atoms with E-state index in [1.807, 2.05) is 6.92 Å². The van der Waals surface area contributed by atoms with E-state index in [2.05, 4.69) is 0 Å². The molecule has 0 aliphatic rings. The van der Waals surface area contributed by atoms with E-state index in [4.69, 9.17) is 33.5 Å². The van der Waals surface area contributed by atoms with Crippen LogP contribution in [0.4, 0.5) is 0 Å². The van der Waals surface area contributed by atoms with Crippen LogP contribution in [-0.2, 0) is 9.47 Å². The fraction of sp³-hybridized carbons (Fsp3) is 0.462.